The molecule has 0 radical (unpaired) electrons. The highest BCUT2D eigenvalue weighted by molar-refractivity contribution is 5.75. The van der Waals surface area contributed by atoms with Crippen LogP contribution < -0.4 is 10.6 Å². The number of hydrogen-bond acceptors (Lipinski definition) is 4. The highest BCUT2D eigenvalue weighted by Crippen LogP contribution is 2.26. The van der Waals surface area contributed by atoms with Gasteiger partial charge in [-0.1, -0.05) is 19.1 Å². The molecule has 6 heteroatoms. The third-order valence-corrected chi connectivity index (χ3v) is 3.69. The third kappa shape index (κ3) is 4.05. The summed E-state index contributed by atoms with van der Waals surface area (Å²) >= 11 is 0. The number of allylic oxidation sites excluding steroid dienone is 1. The van der Waals surface area contributed by atoms with Crippen molar-refractivity contribution in [1.82, 2.24) is 10.6 Å². The molecule has 1 fully saturated rings. The van der Waals surface area contributed by atoms with Gasteiger partial charge in [0.15, 0.2) is 0 Å². The first-order valence-corrected chi connectivity index (χ1v) is 6.97. The maximum absolute atomic E-state index is 11.3. The topological polar surface area (TPSA) is 98.7 Å². The van der Waals surface area contributed by atoms with E-state index in [1.807, 2.05) is 26.0 Å². The molecule has 1 aliphatic rings. The van der Waals surface area contributed by atoms with Crippen molar-refractivity contribution in [3.8, 4) is 0 Å². The van der Waals surface area contributed by atoms with Gasteiger partial charge in [-0.15, -0.1) is 0 Å². The highest BCUT2D eigenvalue weighted by atomic mass is 16.4. The van der Waals surface area contributed by atoms with Gasteiger partial charge in [0, 0.05) is 13.0 Å². The second-order valence-electron chi connectivity index (χ2n) is 5.21. The maximum Gasteiger partial charge on any atom is 0.320 e. The molecule has 4 N–H and O–H groups in total. The molecule has 1 saturated heterocycles. The van der Waals surface area contributed by atoms with Crippen molar-refractivity contribution in [1.29, 1.82) is 0 Å². The zero-order valence-electron chi connectivity index (χ0n) is 12.2. The minimum Gasteiger partial charge on any atom is -0.480 e. The van der Waals surface area contributed by atoms with Gasteiger partial charge in [-0.25, -0.2) is 0 Å². The SMILES string of the molecule is C/C=C\[C@@H]1C[C@H](C(=O)O)N[C@H]1[C@@H](NC(C)=O)[C@H](O)CC. The Morgan fingerprint density at radius 3 is 2.60 bits per heavy atom. The van der Waals surface area contributed by atoms with Crippen LogP contribution in [0.2, 0.25) is 0 Å². The lowest BCUT2D eigenvalue weighted by atomic mass is 9.89. The van der Waals surface area contributed by atoms with E-state index in [1.165, 1.54) is 6.92 Å². The fraction of sp³-hybridized carbons (Fsp3) is 0.714. The number of nitrogens with one attached hydrogen (secondary N) is 2. The Bertz CT molecular complexity index is 383. The van der Waals surface area contributed by atoms with Gasteiger partial charge in [-0.3, -0.25) is 14.9 Å². The summed E-state index contributed by atoms with van der Waals surface area (Å²) < 4.78 is 0. The summed E-state index contributed by atoms with van der Waals surface area (Å²) in [5.41, 5.74) is 0. The Hall–Kier alpha value is -1.40. The highest BCUT2D eigenvalue weighted by Gasteiger charge is 2.42. The van der Waals surface area contributed by atoms with Gasteiger partial charge < -0.3 is 15.5 Å². The molecule has 0 bridgehead atoms. The summed E-state index contributed by atoms with van der Waals surface area (Å²) in [6.45, 7) is 5.09. The van der Waals surface area contributed by atoms with Crippen LogP contribution in [0.5, 0.6) is 0 Å². The van der Waals surface area contributed by atoms with Crippen molar-refractivity contribution in [3.63, 3.8) is 0 Å². The molecule has 0 aromatic heterocycles. The van der Waals surface area contributed by atoms with Gasteiger partial charge in [0.05, 0.1) is 12.1 Å². The minimum absolute atomic E-state index is 0.0286. The Labute approximate surface area is 119 Å². The molecule has 5 atom stereocenters. The summed E-state index contributed by atoms with van der Waals surface area (Å²) in [6, 6.07) is -1.43. The average Bonchev–Trinajstić information content (AvgIpc) is 2.79. The molecular weight excluding hydrogens is 260 g/mol. The summed E-state index contributed by atoms with van der Waals surface area (Å²) in [5.74, 6) is -1.17. The predicted octanol–water partition coefficient (Wildman–Crippen LogP) is 0.269. The monoisotopic (exact) mass is 284 g/mol. The minimum atomic E-state index is -0.908. The first kappa shape index (κ1) is 16.7. The van der Waals surface area contributed by atoms with Gasteiger partial charge in [-0.2, -0.15) is 0 Å². The number of carbonyl (C=O) groups is 2. The van der Waals surface area contributed by atoms with E-state index in [-0.39, 0.29) is 17.9 Å². The standard InChI is InChI=1S/C14H24N2O4/c1-4-6-9-7-10(14(19)20)16-12(9)13(11(18)5-2)15-8(3)17/h4,6,9-13,16,18H,5,7H2,1-3H3,(H,15,17)(H,19,20)/b6-4-/t9-,10-,11-,12-,13+/m1/s1. The van der Waals surface area contributed by atoms with E-state index >= 15 is 0 Å². The summed E-state index contributed by atoms with van der Waals surface area (Å²) in [6.07, 6.45) is 4.03. The maximum atomic E-state index is 11.3. The molecule has 1 rings (SSSR count). The fourth-order valence-corrected chi connectivity index (χ4v) is 2.74. The van der Waals surface area contributed by atoms with Crippen LogP contribution >= 0.6 is 0 Å². The third-order valence-electron chi connectivity index (χ3n) is 3.69. The average molecular weight is 284 g/mol. The number of amides is 1. The summed E-state index contributed by atoms with van der Waals surface area (Å²) in [5, 5.41) is 25.0. The lowest BCUT2D eigenvalue weighted by molar-refractivity contribution is -0.139. The van der Waals surface area contributed by atoms with Gasteiger partial charge >= 0.3 is 5.97 Å². The van der Waals surface area contributed by atoms with Crippen LogP contribution in [0.4, 0.5) is 0 Å². The molecule has 1 heterocycles. The normalized spacial score (nSPS) is 29.3. The van der Waals surface area contributed by atoms with Crippen LogP contribution in [0.25, 0.3) is 0 Å². The number of carbonyl (C=O) groups excluding carboxylic acids is 1. The Morgan fingerprint density at radius 2 is 2.15 bits per heavy atom. The smallest absolute Gasteiger partial charge is 0.320 e. The molecule has 0 spiro atoms. The van der Waals surface area contributed by atoms with Gasteiger partial charge in [0.25, 0.3) is 0 Å². The van der Waals surface area contributed by atoms with Crippen molar-refractivity contribution >= 4 is 11.9 Å². The lowest BCUT2D eigenvalue weighted by Crippen LogP contribution is -2.56. The zero-order chi connectivity index (χ0) is 15.3. The van der Waals surface area contributed by atoms with Crippen LogP contribution in [-0.2, 0) is 9.59 Å². The Kier molecular flexibility index (Phi) is 6.16. The van der Waals surface area contributed by atoms with Crippen LogP contribution in [0.3, 0.4) is 0 Å². The molecule has 0 saturated carbocycles. The number of carboxylic acids is 1. The van der Waals surface area contributed by atoms with Crippen molar-refractivity contribution < 1.29 is 19.8 Å². The van der Waals surface area contributed by atoms with Crippen LogP contribution in [0.1, 0.15) is 33.6 Å². The van der Waals surface area contributed by atoms with Crippen molar-refractivity contribution in [2.75, 3.05) is 0 Å². The zero-order valence-corrected chi connectivity index (χ0v) is 12.2. The molecule has 0 unspecified atom stereocenters. The largest absolute Gasteiger partial charge is 0.480 e. The molecule has 6 nitrogen and oxygen atoms in total. The van der Waals surface area contributed by atoms with E-state index in [0.717, 1.165) is 0 Å². The molecule has 0 aliphatic carbocycles. The van der Waals surface area contributed by atoms with Crippen molar-refractivity contribution in [2.24, 2.45) is 5.92 Å². The number of hydrogen-bond donors (Lipinski definition) is 4. The van der Waals surface area contributed by atoms with Crippen LogP contribution in [0.15, 0.2) is 12.2 Å². The fourth-order valence-electron chi connectivity index (χ4n) is 2.74. The van der Waals surface area contributed by atoms with Crippen molar-refractivity contribution in [3.05, 3.63) is 12.2 Å². The van der Waals surface area contributed by atoms with Crippen LogP contribution in [-0.4, -0.2) is 46.3 Å². The summed E-state index contributed by atoms with van der Waals surface area (Å²) in [7, 11) is 0. The summed E-state index contributed by atoms with van der Waals surface area (Å²) in [4.78, 5) is 22.5. The molecule has 0 aromatic carbocycles. The number of aliphatic hydroxyl groups excluding tert-OH is 1. The second-order valence-corrected chi connectivity index (χ2v) is 5.21. The van der Waals surface area contributed by atoms with Crippen LogP contribution in [0, 0.1) is 5.92 Å². The Balaban J connectivity index is 2.95. The molecule has 1 amide bonds. The predicted molar refractivity (Wildman–Crippen MR) is 75.2 cm³/mol. The Morgan fingerprint density at radius 1 is 1.50 bits per heavy atom. The first-order chi connectivity index (χ1) is 9.40. The molecular formula is C14H24N2O4. The van der Waals surface area contributed by atoms with E-state index in [2.05, 4.69) is 10.6 Å². The van der Waals surface area contributed by atoms with E-state index < -0.39 is 24.2 Å². The first-order valence-electron chi connectivity index (χ1n) is 6.97. The molecule has 1 aliphatic heterocycles. The lowest BCUT2D eigenvalue weighted by Gasteiger charge is -2.31. The van der Waals surface area contributed by atoms with E-state index in [4.69, 9.17) is 5.11 Å². The van der Waals surface area contributed by atoms with Crippen molar-refractivity contribution in [2.45, 2.75) is 57.8 Å². The number of carboxylic acid groups (broad SMARTS) is 1. The number of aliphatic hydroxyl groups is 1. The molecule has 114 valence electrons. The van der Waals surface area contributed by atoms with E-state index in [0.29, 0.717) is 12.8 Å². The van der Waals surface area contributed by atoms with Gasteiger partial charge in [-0.05, 0) is 25.7 Å². The van der Waals surface area contributed by atoms with Gasteiger partial charge in [0.1, 0.15) is 6.04 Å². The second kappa shape index (κ2) is 7.40. The molecule has 0 aromatic rings. The molecule has 20 heavy (non-hydrogen) atoms. The van der Waals surface area contributed by atoms with E-state index in [9.17, 15) is 14.7 Å². The quantitative estimate of drug-likeness (QED) is 0.525. The van der Waals surface area contributed by atoms with Gasteiger partial charge in [0.2, 0.25) is 5.91 Å². The number of aliphatic carboxylic acids is 1. The number of rotatable bonds is 6. The van der Waals surface area contributed by atoms with E-state index in [1.54, 1.807) is 0 Å².